The van der Waals surface area contributed by atoms with Gasteiger partial charge in [0.2, 0.25) is 17.6 Å². The van der Waals surface area contributed by atoms with Crippen LogP contribution in [0.1, 0.15) is 6.42 Å². The molecular formula is C25H23Cl2N3O7S. The molecule has 2 N–H and O–H groups in total. The van der Waals surface area contributed by atoms with E-state index in [4.69, 9.17) is 37.4 Å². The van der Waals surface area contributed by atoms with Crippen molar-refractivity contribution in [1.82, 2.24) is 0 Å². The number of hydrogen-bond donors (Lipinski definition) is 2. The molecule has 0 aliphatic carbocycles. The molecule has 3 aromatic carbocycles. The Labute approximate surface area is 229 Å². The molecule has 13 heteroatoms. The van der Waals surface area contributed by atoms with E-state index < -0.39 is 34.3 Å². The lowest BCUT2D eigenvalue weighted by molar-refractivity contribution is -0.122. The number of nitrogens with one attached hydrogen (secondary N) is 2. The van der Waals surface area contributed by atoms with Crippen LogP contribution in [0.15, 0.2) is 59.5 Å². The summed E-state index contributed by atoms with van der Waals surface area (Å²) in [7, 11) is -0.0922. The first kappa shape index (κ1) is 27.4. The van der Waals surface area contributed by atoms with Gasteiger partial charge >= 0.3 is 0 Å². The van der Waals surface area contributed by atoms with Crippen LogP contribution in [-0.2, 0) is 19.6 Å². The van der Waals surface area contributed by atoms with Crippen molar-refractivity contribution in [2.75, 3.05) is 36.3 Å². The molecule has 0 radical (unpaired) electrons. The van der Waals surface area contributed by atoms with Crippen molar-refractivity contribution in [1.29, 1.82) is 0 Å². The summed E-state index contributed by atoms with van der Waals surface area (Å²) in [5, 5.41) is 5.54. The molecule has 1 aliphatic rings. The van der Waals surface area contributed by atoms with Gasteiger partial charge in [0.05, 0.1) is 59.8 Å². The number of ether oxygens (including phenoxy) is 3. The van der Waals surface area contributed by atoms with Gasteiger partial charge in [-0.1, -0.05) is 35.3 Å². The number of para-hydroxylation sites is 2. The number of amides is 2. The molecule has 1 aliphatic heterocycles. The van der Waals surface area contributed by atoms with Gasteiger partial charge in [-0.05, 0) is 42.5 Å². The topological polar surface area (TPSA) is 123 Å². The van der Waals surface area contributed by atoms with Crippen LogP contribution in [0, 0.1) is 0 Å². The van der Waals surface area contributed by atoms with E-state index in [0.29, 0.717) is 5.75 Å². The fourth-order valence-corrected chi connectivity index (χ4v) is 6.08. The highest BCUT2D eigenvalue weighted by Gasteiger charge is 2.42. The smallest absolute Gasteiger partial charge is 0.265 e. The second-order valence-electron chi connectivity index (χ2n) is 8.03. The lowest BCUT2D eigenvalue weighted by atomic mass is 10.1. The predicted molar refractivity (Wildman–Crippen MR) is 144 cm³/mol. The zero-order valence-electron chi connectivity index (χ0n) is 20.4. The number of nitrogens with zero attached hydrogens (tertiary/aromatic N) is 1. The fraction of sp³-hybridized carbons (Fsp3) is 0.200. The van der Waals surface area contributed by atoms with Crippen LogP contribution >= 0.6 is 23.2 Å². The van der Waals surface area contributed by atoms with E-state index in [-0.39, 0.29) is 43.5 Å². The van der Waals surface area contributed by atoms with Gasteiger partial charge in [0.15, 0.2) is 11.5 Å². The Morgan fingerprint density at radius 2 is 1.68 bits per heavy atom. The first-order chi connectivity index (χ1) is 18.1. The van der Waals surface area contributed by atoms with Gasteiger partial charge in [0.1, 0.15) is 6.04 Å². The van der Waals surface area contributed by atoms with Gasteiger partial charge in [-0.2, -0.15) is 0 Å². The maximum atomic E-state index is 13.8. The molecule has 3 aromatic rings. The van der Waals surface area contributed by atoms with E-state index in [1.54, 1.807) is 30.3 Å². The molecule has 1 heterocycles. The molecule has 1 unspecified atom stereocenters. The summed E-state index contributed by atoms with van der Waals surface area (Å²) in [4.78, 5) is 26.2. The molecule has 38 heavy (non-hydrogen) atoms. The molecule has 0 saturated carbocycles. The van der Waals surface area contributed by atoms with Gasteiger partial charge in [0.25, 0.3) is 10.0 Å². The average molecular weight is 580 g/mol. The lowest BCUT2D eigenvalue weighted by Gasteiger charge is -2.36. The maximum Gasteiger partial charge on any atom is 0.265 e. The molecule has 10 nitrogen and oxygen atoms in total. The minimum atomic E-state index is -4.36. The van der Waals surface area contributed by atoms with Crippen LogP contribution in [0.4, 0.5) is 17.1 Å². The monoisotopic (exact) mass is 579 g/mol. The standard InChI is InChI=1S/C25H23Cl2N3O7S/c1-35-21-11-10-18(23(36-2)24(21)37-3)28-22(31)13-20-25(32)29-17-6-4-5-7-19(17)30(20)38(33,34)14-8-9-15(26)16(27)12-14/h4-12,20H,13H2,1-3H3,(H,28,31)(H,29,32). The summed E-state index contributed by atoms with van der Waals surface area (Å²) in [6, 6.07) is 11.9. The summed E-state index contributed by atoms with van der Waals surface area (Å²) < 4.78 is 44.6. The molecule has 0 bridgehead atoms. The normalized spacial score (nSPS) is 14.8. The van der Waals surface area contributed by atoms with E-state index in [9.17, 15) is 18.0 Å². The number of sulfonamides is 1. The van der Waals surface area contributed by atoms with Gasteiger partial charge in [-0.25, -0.2) is 8.42 Å². The van der Waals surface area contributed by atoms with Crippen LogP contribution in [-0.4, -0.2) is 47.6 Å². The highest BCUT2D eigenvalue weighted by Crippen LogP contribution is 2.43. The van der Waals surface area contributed by atoms with Gasteiger partial charge < -0.3 is 24.8 Å². The van der Waals surface area contributed by atoms with Crippen molar-refractivity contribution in [3.8, 4) is 17.2 Å². The van der Waals surface area contributed by atoms with E-state index in [2.05, 4.69) is 10.6 Å². The summed E-state index contributed by atoms with van der Waals surface area (Å²) in [6.07, 6.45) is -0.516. The third kappa shape index (κ3) is 5.04. The number of carbonyl (C=O) groups excluding carboxylic acids is 2. The summed E-state index contributed by atoms with van der Waals surface area (Å²) in [5.41, 5.74) is 0.713. The third-order valence-electron chi connectivity index (χ3n) is 5.79. The first-order valence-corrected chi connectivity index (χ1v) is 13.3. The lowest BCUT2D eigenvalue weighted by Crippen LogP contribution is -2.52. The molecule has 4 rings (SSSR count). The van der Waals surface area contributed by atoms with Crippen molar-refractivity contribution < 1.29 is 32.2 Å². The first-order valence-electron chi connectivity index (χ1n) is 11.1. The second kappa shape index (κ2) is 11.0. The Kier molecular flexibility index (Phi) is 7.91. The number of methoxy groups -OCH3 is 3. The molecule has 0 aromatic heterocycles. The Bertz CT molecular complexity index is 1510. The van der Waals surface area contributed by atoms with Crippen LogP contribution in [0.5, 0.6) is 17.2 Å². The maximum absolute atomic E-state index is 13.8. The molecule has 1 atom stereocenters. The highest BCUT2D eigenvalue weighted by atomic mass is 35.5. The number of benzene rings is 3. The third-order valence-corrected chi connectivity index (χ3v) is 8.35. The van der Waals surface area contributed by atoms with Crippen molar-refractivity contribution in [2.45, 2.75) is 17.4 Å². The number of anilines is 3. The zero-order valence-corrected chi connectivity index (χ0v) is 22.8. The Hall–Kier alpha value is -3.67. The van der Waals surface area contributed by atoms with Crippen molar-refractivity contribution >= 4 is 62.1 Å². The fourth-order valence-electron chi connectivity index (χ4n) is 4.06. The molecule has 200 valence electrons. The number of fused-ring (bicyclic) bond motifs is 1. The summed E-state index contributed by atoms with van der Waals surface area (Å²) >= 11 is 12.1. The van der Waals surface area contributed by atoms with Gasteiger partial charge in [-0.3, -0.25) is 13.9 Å². The molecule has 0 spiro atoms. The van der Waals surface area contributed by atoms with E-state index in [1.807, 2.05) is 0 Å². The number of halogens is 2. The van der Waals surface area contributed by atoms with Gasteiger partial charge in [0, 0.05) is 0 Å². The number of carbonyl (C=O) groups is 2. The summed E-state index contributed by atoms with van der Waals surface area (Å²) in [5.74, 6) is -0.504. The van der Waals surface area contributed by atoms with Crippen LogP contribution in [0.25, 0.3) is 0 Å². The quantitative estimate of drug-likeness (QED) is 0.400. The Morgan fingerprint density at radius 1 is 0.974 bits per heavy atom. The minimum absolute atomic E-state index is 0.0253. The van der Waals surface area contributed by atoms with Crippen molar-refractivity contribution in [2.24, 2.45) is 0 Å². The number of rotatable bonds is 8. The number of hydrogen-bond acceptors (Lipinski definition) is 7. The molecular weight excluding hydrogens is 557 g/mol. The average Bonchev–Trinajstić information content (AvgIpc) is 2.89. The second-order valence-corrected chi connectivity index (χ2v) is 10.7. The molecule has 2 amide bonds. The zero-order chi connectivity index (χ0) is 27.6. The van der Waals surface area contributed by atoms with E-state index in [1.165, 1.54) is 45.6 Å². The van der Waals surface area contributed by atoms with Crippen LogP contribution < -0.4 is 29.1 Å². The van der Waals surface area contributed by atoms with Gasteiger partial charge in [-0.15, -0.1) is 0 Å². The van der Waals surface area contributed by atoms with Crippen LogP contribution in [0.2, 0.25) is 10.0 Å². The molecule has 0 fully saturated rings. The highest BCUT2D eigenvalue weighted by molar-refractivity contribution is 7.93. The Morgan fingerprint density at radius 3 is 2.34 bits per heavy atom. The van der Waals surface area contributed by atoms with Crippen molar-refractivity contribution in [3.05, 3.63) is 64.6 Å². The largest absolute Gasteiger partial charge is 0.493 e. The predicted octanol–water partition coefficient (Wildman–Crippen LogP) is 4.56. The van der Waals surface area contributed by atoms with Crippen molar-refractivity contribution in [3.63, 3.8) is 0 Å². The van der Waals surface area contributed by atoms with Crippen LogP contribution in [0.3, 0.4) is 0 Å². The van der Waals surface area contributed by atoms with E-state index in [0.717, 1.165) is 4.31 Å². The molecule has 0 saturated heterocycles. The van der Waals surface area contributed by atoms with E-state index >= 15 is 0 Å². The Balaban J connectivity index is 1.72. The SMILES string of the molecule is COc1ccc(NC(=O)CC2C(=O)Nc3ccccc3N2S(=O)(=O)c2ccc(Cl)c(Cl)c2)c(OC)c1OC. The summed E-state index contributed by atoms with van der Waals surface area (Å²) in [6.45, 7) is 0. The minimum Gasteiger partial charge on any atom is -0.493 e.